The van der Waals surface area contributed by atoms with Crippen LogP contribution in [0.3, 0.4) is 0 Å². The number of nitriles is 2. The molecule has 0 unspecified atom stereocenters. The van der Waals surface area contributed by atoms with Crippen LogP contribution in [0.25, 0.3) is 32.9 Å². The number of anilines is 2. The van der Waals surface area contributed by atoms with Crippen LogP contribution in [0.4, 0.5) is 42.1 Å². The van der Waals surface area contributed by atoms with Crippen molar-refractivity contribution in [3.05, 3.63) is 182 Å². The Balaban J connectivity index is 0.000000183. The van der Waals surface area contributed by atoms with E-state index >= 15 is 0 Å². The van der Waals surface area contributed by atoms with Gasteiger partial charge in [0.25, 0.3) is 6.43 Å². The van der Waals surface area contributed by atoms with Gasteiger partial charge in [0, 0.05) is 111 Å². The fourth-order valence-electron chi connectivity index (χ4n) is 11.0. The molecular weight excluding hydrogens is 1350 g/mol. The van der Waals surface area contributed by atoms with Gasteiger partial charge in [-0.3, -0.25) is 9.97 Å². The Morgan fingerprint density at radius 1 is 0.642 bits per heavy atom. The summed E-state index contributed by atoms with van der Waals surface area (Å²) >= 11 is 2.20. The molecule has 2 aliphatic rings. The first-order valence-electron chi connectivity index (χ1n) is 30.2. The molecule has 0 saturated heterocycles. The van der Waals surface area contributed by atoms with Crippen molar-refractivity contribution in [3.8, 4) is 23.3 Å². The van der Waals surface area contributed by atoms with Crippen molar-refractivity contribution in [2.24, 2.45) is 10.8 Å². The highest BCUT2D eigenvalue weighted by Gasteiger charge is 2.66. The maximum absolute atomic E-state index is 14.1. The lowest BCUT2D eigenvalue weighted by molar-refractivity contribution is -0.183. The van der Waals surface area contributed by atoms with Gasteiger partial charge in [0.1, 0.15) is 30.3 Å². The fraction of sp³-hybridized carbons (Fsp3) is 0.364. The first-order valence-corrected chi connectivity index (χ1v) is 31.3. The highest BCUT2D eigenvalue weighted by molar-refractivity contribution is 14.1. The maximum atomic E-state index is 14.1. The summed E-state index contributed by atoms with van der Waals surface area (Å²) in [5.41, 5.74) is 6.55. The molecule has 2 aliphatic carbocycles. The number of halogens is 8. The minimum Gasteiger partial charge on any atom is -0.423 e. The van der Waals surface area contributed by atoms with Crippen LogP contribution in [0.1, 0.15) is 135 Å². The number of benzene rings is 2. The molecule has 490 valence electrons. The summed E-state index contributed by atoms with van der Waals surface area (Å²) in [6.07, 6.45) is 9.09. The standard InChI is InChI=1S/C33H32F3N9.C29H28F4IN7.C4H5BN2O2/c1-19-23(5-6-28(34)42-19)25(27-16-45(44-43-27)33(7-8-33)31(35)36)10-20-9-24(22-13-38-18-39-14-22)30-26(11-20)29(21(12-37)15-40-30)41-17-32(2,3)4;1-16-19(5-6-24(30)38-16)20(23-14-41(40-39-23)28(7-8-28)29(31,32)33)9-17-10-21-25(37-15-27(2,3)4)18(12-35)13-36-26(21)22(34)11-17;8-5(9)4-1-6-3-7-2-4/h5-6,9,11,13-16,18,25,31H,7-8,10,17H2,1-4H3,(H,40,41);5-6,10-11,13-14,20H,7-9,15H2,1-4H3,(H,36,37);1-3,8-9H/t25-;20-;/m00./s1. The number of alkyl halides is 5. The summed E-state index contributed by atoms with van der Waals surface area (Å²) in [6, 6.07) is 18.1. The van der Waals surface area contributed by atoms with E-state index in [1.807, 2.05) is 24.3 Å². The lowest BCUT2D eigenvalue weighted by Gasteiger charge is -2.22. The predicted molar refractivity (Wildman–Crippen MR) is 350 cm³/mol. The second kappa shape index (κ2) is 27.6. The zero-order valence-electron chi connectivity index (χ0n) is 52.9. The Kier molecular flexibility index (Phi) is 20.0. The Labute approximate surface area is 556 Å². The Morgan fingerprint density at radius 2 is 1.11 bits per heavy atom. The van der Waals surface area contributed by atoms with Crippen LogP contribution < -0.4 is 16.1 Å². The molecule has 4 N–H and O–H groups in total. The third-order valence-corrected chi connectivity index (χ3v) is 17.3. The number of hydrogen-bond donors (Lipinski definition) is 4. The minimum absolute atomic E-state index is 0.0492. The van der Waals surface area contributed by atoms with Gasteiger partial charge in [0.15, 0.2) is 5.54 Å². The quantitative estimate of drug-likeness (QED) is 0.0285. The molecule has 0 amide bonds. The molecule has 0 bridgehead atoms. The molecule has 0 radical (unpaired) electrons. The highest BCUT2D eigenvalue weighted by Crippen LogP contribution is 2.55. The Bertz CT molecular complexity index is 4510. The molecule has 95 heavy (non-hydrogen) atoms. The molecule has 10 aromatic rings. The van der Waals surface area contributed by atoms with Gasteiger partial charge in [-0.05, 0) is 144 Å². The number of pyridine rings is 4. The fourth-order valence-corrected chi connectivity index (χ4v) is 11.9. The molecule has 29 heteroatoms. The molecule has 2 aromatic carbocycles. The van der Waals surface area contributed by atoms with Crippen LogP contribution in [-0.4, -0.2) is 113 Å². The first kappa shape index (κ1) is 68.7. The van der Waals surface area contributed by atoms with Crippen molar-refractivity contribution < 1.29 is 40.8 Å². The molecule has 12 rings (SSSR count). The zero-order chi connectivity index (χ0) is 68.4. The van der Waals surface area contributed by atoms with Crippen LogP contribution in [0.5, 0.6) is 0 Å². The van der Waals surface area contributed by atoms with Gasteiger partial charge in [-0.2, -0.15) is 32.5 Å². The average molecular weight is 1410 g/mol. The van der Waals surface area contributed by atoms with E-state index in [1.165, 1.54) is 48.1 Å². The SMILES string of the molecule is Cc1nc(F)ccc1[C@H](Cc1cc(-c2cncnc2)c2ncc(C#N)c(NCC(C)(C)C)c2c1)c1cn(C2(C(F)F)CC2)nn1.Cc1nc(F)ccc1[C@H](Cc1cc(I)c2ncc(C#N)c(NCC(C)(C)C)c2c1)c1cn(C2(C(F)(F)F)CC2)nn1.OB(O)c1cncnc1. The van der Waals surface area contributed by atoms with E-state index in [4.69, 9.17) is 10.0 Å². The van der Waals surface area contributed by atoms with Gasteiger partial charge in [-0.15, -0.1) is 10.2 Å². The summed E-state index contributed by atoms with van der Waals surface area (Å²) < 4.78 is 100. The predicted octanol–water partition coefficient (Wildman–Crippen LogP) is 11.8. The van der Waals surface area contributed by atoms with Crippen LogP contribution >= 0.6 is 22.6 Å². The third kappa shape index (κ3) is 15.5. The summed E-state index contributed by atoms with van der Waals surface area (Å²) in [4.78, 5) is 32.8. The summed E-state index contributed by atoms with van der Waals surface area (Å²) in [5.74, 6) is -2.30. The number of rotatable bonds is 17. The smallest absolute Gasteiger partial charge is 0.423 e. The number of aryl methyl sites for hydroxylation is 2. The molecule has 2 atom stereocenters. The molecule has 8 aromatic heterocycles. The van der Waals surface area contributed by atoms with Gasteiger partial charge in [-0.25, -0.2) is 48.0 Å². The van der Waals surface area contributed by atoms with Gasteiger partial charge < -0.3 is 20.7 Å². The van der Waals surface area contributed by atoms with Gasteiger partial charge in [0.2, 0.25) is 11.9 Å². The highest BCUT2D eigenvalue weighted by atomic mass is 127. The number of fused-ring (bicyclic) bond motifs is 2. The molecular formula is C66H65BF7IN18O2. The zero-order valence-corrected chi connectivity index (χ0v) is 55.1. The average Bonchev–Trinajstić information content (AvgIpc) is 1.62. The van der Waals surface area contributed by atoms with Crippen LogP contribution in [0.2, 0.25) is 0 Å². The van der Waals surface area contributed by atoms with Crippen molar-refractivity contribution >= 4 is 68.4 Å². The number of aromatic nitrogens is 14. The van der Waals surface area contributed by atoms with Crippen molar-refractivity contribution in [3.63, 3.8) is 0 Å². The van der Waals surface area contributed by atoms with E-state index in [-0.39, 0.29) is 23.7 Å². The molecule has 0 spiro atoms. The molecule has 20 nitrogen and oxygen atoms in total. The normalized spacial score (nSPS) is 14.6. The third-order valence-electron chi connectivity index (χ3n) is 16.5. The van der Waals surface area contributed by atoms with Crippen molar-refractivity contribution in [1.29, 1.82) is 10.5 Å². The summed E-state index contributed by atoms with van der Waals surface area (Å²) in [5, 5.41) is 61.8. The van der Waals surface area contributed by atoms with E-state index in [9.17, 15) is 41.3 Å². The minimum atomic E-state index is -4.45. The number of hydrogen-bond acceptors (Lipinski definition) is 18. The van der Waals surface area contributed by atoms with Crippen molar-refractivity contribution in [1.82, 2.24) is 69.9 Å². The lowest BCUT2D eigenvalue weighted by Crippen LogP contribution is -2.35. The van der Waals surface area contributed by atoms with Gasteiger partial charge >= 0.3 is 13.3 Å². The van der Waals surface area contributed by atoms with Crippen LogP contribution in [0.15, 0.2) is 111 Å². The Morgan fingerprint density at radius 3 is 1.54 bits per heavy atom. The maximum Gasteiger partial charge on any atom is 0.491 e. The second-order valence-electron chi connectivity index (χ2n) is 26.1. The number of nitrogens with one attached hydrogen (secondary N) is 2. The largest absolute Gasteiger partial charge is 0.491 e. The van der Waals surface area contributed by atoms with Crippen LogP contribution in [0, 0.1) is 62.8 Å². The van der Waals surface area contributed by atoms with E-state index in [0.717, 1.165) is 46.8 Å². The van der Waals surface area contributed by atoms with Gasteiger partial charge in [-0.1, -0.05) is 64.1 Å². The molecule has 2 fully saturated rings. The summed E-state index contributed by atoms with van der Waals surface area (Å²) in [7, 11) is -1.47. The topological polar surface area (TPSA) is 277 Å². The molecule has 8 heterocycles. The van der Waals surface area contributed by atoms with E-state index in [0.29, 0.717) is 106 Å². The molecule has 0 aliphatic heterocycles. The molecule has 2 saturated carbocycles. The van der Waals surface area contributed by atoms with Crippen molar-refractivity contribution in [2.45, 2.75) is 129 Å². The van der Waals surface area contributed by atoms with Crippen LogP contribution in [-0.2, 0) is 23.9 Å². The second-order valence-corrected chi connectivity index (χ2v) is 27.2. The van der Waals surface area contributed by atoms with Crippen molar-refractivity contribution in [2.75, 3.05) is 23.7 Å². The van der Waals surface area contributed by atoms with E-state index in [2.05, 4.69) is 147 Å². The van der Waals surface area contributed by atoms with E-state index < -0.39 is 54.5 Å². The monoisotopic (exact) mass is 1410 g/mol. The first-order chi connectivity index (χ1) is 45.0. The summed E-state index contributed by atoms with van der Waals surface area (Å²) in [6.45, 7) is 17.2. The van der Waals surface area contributed by atoms with Gasteiger partial charge in [0.05, 0.1) is 51.1 Å². The van der Waals surface area contributed by atoms with E-state index in [1.54, 1.807) is 57.0 Å². The Hall–Kier alpha value is -9.20. The number of nitrogens with zero attached hydrogens (tertiary/aromatic N) is 16. The lowest BCUT2D eigenvalue weighted by atomic mass is 9.83.